The monoisotopic (exact) mass is 432 g/mol. The first-order valence-electron chi connectivity index (χ1n) is 9.63. The van der Waals surface area contributed by atoms with E-state index >= 15 is 0 Å². The van der Waals surface area contributed by atoms with Crippen LogP contribution < -0.4 is 5.56 Å². The van der Waals surface area contributed by atoms with Crippen molar-refractivity contribution in [2.24, 2.45) is 7.05 Å². The van der Waals surface area contributed by atoms with Crippen molar-refractivity contribution in [1.29, 1.82) is 0 Å². The van der Waals surface area contributed by atoms with Gasteiger partial charge >= 0.3 is 6.18 Å². The number of nitrogens with zero attached hydrogens (tertiary/aromatic N) is 2. The van der Waals surface area contributed by atoms with E-state index in [1.807, 2.05) is 38.1 Å². The Bertz CT molecular complexity index is 1110. The Hall–Kier alpha value is -2.54. The summed E-state index contributed by atoms with van der Waals surface area (Å²) in [6.45, 7) is 3.92. The molecule has 1 aromatic heterocycles. The normalized spacial score (nSPS) is 11.7. The highest BCUT2D eigenvalue weighted by Gasteiger charge is 2.32. The second-order valence-electron chi connectivity index (χ2n) is 7.15. The molecule has 0 aliphatic carbocycles. The van der Waals surface area contributed by atoms with Gasteiger partial charge in [0.2, 0.25) is 0 Å². The third-order valence-corrected chi connectivity index (χ3v) is 5.99. The molecule has 7 heteroatoms. The van der Waals surface area contributed by atoms with Crippen LogP contribution in [-0.4, -0.2) is 9.55 Å². The standard InChI is InChI=1S/C23H23F3N2OS/c1-4-20-18(13-16-9-7-8-15(2)12-16)21(29)28(3)22(27-20)30-14-17-10-5-6-11-19(17)23(24,25)26/h5-12H,4,13-14H2,1-3H3. The molecule has 0 aliphatic rings. The molecule has 2 aromatic carbocycles. The molecule has 0 radical (unpaired) electrons. The van der Waals surface area contributed by atoms with Gasteiger partial charge in [-0.2, -0.15) is 13.2 Å². The van der Waals surface area contributed by atoms with Gasteiger partial charge in [-0.3, -0.25) is 9.36 Å². The number of thioether (sulfide) groups is 1. The number of hydrogen-bond donors (Lipinski definition) is 0. The van der Waals surface area contributed by atoms with Gasteiger partial charge in [0.15, 0.2) is 5.16 Å². The molecular weight excluding hydrogens is 409 g/mol. The third-order valence-electron chi connectivity index (χ3n) is 4.91. The Morgan fingerprint density at radius 2 is 1.83 bits per heavy atom. The maximum atomic E-state index is 13.2. The quantitative estimate of drug-likeness (QED) is 0.378. The Morgan fingerprint density at radius 3 is 2.50 bits per heavy atom. The summed E-state index contributed by atoms with van der Waals surface area (Å²) in [5.41, 5.74) is 2.82. The molecule has 0 amide bonds. The van der Waals surface area contributed by atoms with Crippen molar-refractivity contribution < 1.29 is 13.2 Å². The van der Waals surface area contributed by atoms with Crippen molar-refractivity contribution in [1.82, 2.24) is 9.55 Å². The van der Waals surface area contributed by atoms with Crippen LogP contribution in [0, 0.1) is 6.92 Å². The molecule has 158 valence electrons. The molecule has 0 fully saturated rings. The van der Waals surface area contributed by atoms with E-state index in [1.54, 1.807) is 13.1 Å². The van der Waals surface area contributed by atoms with E-state index < -0.39 is 11.7 Å². The van der Waals surface area contributed by atoms with Gasteiger partial charge in [-0.25, -0.2) is 4.98 Å². The average Bonchev–Trinajstić information content (AvgIpc) is 2.70. The van der Waals surface area contributed by atoms with Crippen LogP contribution in [0.25, 0.3) is 0 Å². The predicted octanol–water partition coefficient (Wildman–Crippen LogP) is 5.55. The first-order chi connectivity index (χ1) is 14.2. The van der Waals surface area contributed by atoms with Crippen molar-refractivity contribution in [3.63, 3.8) is 0 Å². The number of alkyl halides is 3. The topological polar surface area (TPSA) is 34.9 Å². The highest BCUT2D eigenvalue weighted by atomic mass is 32.2. The summed E-state index contributed by atoms with van der Waals surface area (Å²) in [6.07, 6.45) is -3.36. The van der Waals surface area contributed by atoms with E-state index in [9.17, 15) is 18.0 Å². The van der Waals surface area contributed by atoms with Crippen LogP contribution in [-0.2, 0) is 31.8 Å². The number of hydrogen-bond acceptors (Lipinski definition) is 3. The zero-order valence-electron chi connectivity index (χ0n) is 17.1. The first kappa shape index (κ1) is 22.2. The van der Waals surface area contributed by atoms with Gasteiger partial charge in [0.05, 0.1) is 11.3 Å². The Labute approximate surface area is 178 Å². The minimum absolute atomic E-state index is 0.0797. The molecule has 0 aliphatic heterocycles. The van der Waals surface area contributed by atoms with Gasteiger partial charge in [-0.05, 0) is 30.5 Å². The molecule has 0 spiro atoms. The minimum atomic E-state index is -4.41. The van der Waals surface area contributed by atoms with Gasteiger partial charge in [-0.15, -0.1) is 0 Å². The molecule has 0 unspecified atom stereocenters. The maximum absolute atomic E-state index is 13.2. The molecule has 0 saturated heterocycles. The van der Waals surface area contributed by atoms with E-state index in [-0.39, 0.29) is 16.9 Å². The zero-order valence-corrected chi connectivity index (χ0v) is 17.9. The van der Waals surface area contributed by atoms with Crippen LogP contribution in [0.5, 0.6) is 0 Å². The van der Waals surface area contributed by atoms with Gasteiger partial charge in [0, 0.05) is 24.8 Å². The summed E-state index contributed by atoms with van der Waals surface area (Å²) in [6, 6.07) is 13.5. The SMILES string of the molecule is CCc1nc(SCc2ccccc2C(F)(F)F)n(C)c(=O)c1Cc1cccc(C)c1. The molecule has 0 N–H and O–H groups in total. The fourth-order valence-corrected chi connectivity index (χ4v) is 4.35. The summed E-state index contributed by atoms with van der Waals surface area (Å²) < 4.78 is 41.2. The second-order valence-corrected chi connectivity index (χ2v) is 8.09. The summed E-state index contributed by atoms with van der Waals surface area (Å²) in [7, 11) is 1.62. The van der Waals surface area contributed by atoms with Crippen LogP contribution in [0.15, 0.2) is 58.5 Å². The summed E-state index contributed by atoms with van der Waals surface area (Å²) in [5, 5.41) is 0.418. The lowest BCUT2D eigenvalue weighted by molar-refractivity contribution is -0.138. The van der Waals surface area contributed by atoms with Gasteiger partial charge < -0.3 is 0 Å². The van der Waals surface area contributed by atoms with Gasteiger partial charge in [0.25, 0.3) is 5.56 Å². The van der Waals surface area contributed by atoms with Crippen LogP contribution >= 0.6 is 11.8 Å². The summed E-state index contributed by atoms with van der Waals surface area (Å²) in [5.74, 6) is 0.0797. The number of benzene rings is 2. The van der Waals surface area contributed by atoms with Crippen LogP contribution in [0.4, 0.5) is 13.2 Å². The summed E-state index contributed by atoms with van der Waals surface area (Å²) in [4.78, 5) is 17.6. The Morgan fingerprint density at radius 1 is 1.10 bits per heavy atom. The summed E-state index contributed by atoms with van der Waals surface area (Å²) >= 11 is 1.14. The van der Waals surface area contributed by atoms with E-state index in [0.717, 1.165) is 29.0 Å². The molecule has 0 saturated carbocycles. The molecule has 3 aromatic rings. The van der Waals surface area contributed by atoms with Crippen molar-refractivity contribution in [3.8, 4) is 0 Å². The molecule has 0 atom stereocenters. The van der Waals surface area contributed by atoms with Crippen LogP contribution in [0.2, 0.25) is 0 Å². The van der Waals surface area contributed by atoms with Crippen molar-refractivity contribution >= 4 is 11.8 Å². The van der Waals surface area contributed by atoms with E-state index in [0.29, 0.717) is 29.3 Å². The second kappa shape index (κ2) is 9.08. The molecular formula is C23H23F3N2OS. The maximum Gasteiger partial charge on any atom is 0.416 e. The van der Waals surface area contributed by atoms with Crippen LogP contribution in [0.3, 0.4) is 0 Å². The van der Waals surface area contributed by atoms with Crippen molar-refractivity contribution in [2.75, 3.05) is 0 Å². The van der Waals surface area contributed by atoms with E-state index in [1.165, 1.54) is 16.7 Å². The number of aromatic nitrogens is 2. The van der Waals surface area contributed by atoms with E-state index in [4.69, 9.17) is 0 Å². The lowest BCUT2D eigenvalue weighted by Crippen LogP contribution is -2.26. The Balaban J connectivity index is 1.91. The van der Waals surface area contributed by atoms with Gasteiger partial charge in [0.1, 0.15) is 0 Å². The number of aryl methyl sites for hydroxylation is 2. The smallest absolute Gasteiger partial charge is 0.291 e. The molecule has 1 heterocycles. The average molecular weight is 433 g/mol. The zero-order chi connectivity index (χ0) is 21.9. The lowest BCUT2D eigenvalue weighted by atomic mass is 10.0. The largest absolute Gasteiger partial charge is 0.416 e. The molecule has 0 bridgehead atoms. The lowest BCUT2D eigenvalue weighted by Gasteiger charge is -2.15. The predicted molar refractivity (Wildman–Crippen MR) is 114 cm³/mol. The molecule has 3 nitrogen and oxygen atoms in total. The van der Waals surface area contributed by atoms with Gasteiger partial charge in [-0.1, -0.05) is 66.7 Å². The number of halogens is 3. The van der Waals surface area contributed by atoms with Crippen molar-refractivity contribution in [3.05, 3.63) is 92.4 Å². The van der Waals surface area contributed by atoms with Crippen molar-refractivity contribution in [2.45, 2.75) is 43.8 Å². The number of rotatable bonds is 6. The van der Waals surface area contributed by atoms with Crippen LogP contribution in [0.1, 0.15) is 40.4 Å². The minimum Gasteiger partial charge on any atom is -0.291 e. The fourth-order valence-electron chi connectivity index (χ4n) is 3.36. The first-order valence-corrected chi connectivity index (χ1v) is 10.6. The van der Waals surface area contributed by atoms with E-state index in [2.05, 4.69) is 4.98 Å². The highest BCUT2D eigenvalue weighted by molar-refractivity contribution is 7.98. The fraction of sp³-hybridized carbons (Fsp3) is 0.304. The Kier molecular flexibility index (Phi) is 6.71. The molecule has 30 heavy (non-hydrogen) atoms. The highest BCUT2D eigenvalue weighted by Crippen LogP contribution is 2.34. The molecule has 3 rings (SSSR count). The third kappa shape index (κ3) is 4.95.